The van der Waals surface area contributed by atoms with Crippen LogP contribution < -0.4 is 4.90 Å². The average Bonchev–Trinajstić information content (AvgIpc) is 2.44. The zero-order valence-electron chi connectivity index (χ0n) is 12.4. The molecule has 1 saturated heterocycles. The molecule has 7 heteroatoms. The molecule has 0 amide bonds. The van der Waals surface area contributed by atoms with Crippen LogP contribution in [0.2, 0.25) is 0 Å². The Morgan fingerprint density at radius 2 is 2.14 bits per heavy atom. The Hall–Kier alpha value is -2.18. The van der Waals surface area contributed by atoms with Gasteiger partial charge in [-0.1, -0.05) is 13.8 Å². The fourth-order valence-corrected chi connectivity index (χ4v) is 2.80. The van der Waals surface area contributed by atoms with Crippen molar-refractivity contribution in [3.05, 3.63) is 18.1 Å². The van der Waals surface area contributed by atoms with Gasteiger partial charge >= 0.3 is 11.9 Å². The minimum absolute atomic E-state index is 0.0718. The van der Waals surface area contributed by atoms with Crippen molar-refractivity contribution in [1.29, 1.82) is 0 Å². The van der Waals surface area contributed by atoms with Gasteiger partial charge in [0, 0.05) is 6.54 Å². The predicted molar refractivity (Wildman–Crippen MR) is 75.2 cm³/mol. The van der Waals surface area contributed by atoms with Crippen LogP contribution in [0.5, 0.6) is 0 Å². The third-order valence-electron chi connectivity index (χ3n) is 3.82. The zero-order valence-corrected chi connectivity index (χ0v) is 12.4. The molecule has 2 rings (SSSR count). The number of carbonyl (C=O) groups excluding carboxylic acids is 1. The third-order valence-corrected chi connectivity index (χ3v) is 3.82. The zero-order chi connectivity index (χ0) is 15.6. The summed E-state index contributed by atoms with van der Waals surface area (Å²) in [5.41, 5.74) is -0.310. The predicted octanol–water partition coefficient (Wildman–Crippen LogP) is 1.34. The first-order valence-electron chi connectivity index (χ1n) is 6.76. The maximum absolute atomic E-state index is 11.6. The van der Waals surface area contributed by atoms with E-state index in [9.17, 15) is 14.7 Å². The van der Waals surface area contributed by atoms with E-state index in [2.05, 4.69) is 14.7 Å². The molecule has 0 aliphatic carbocycles. The van der Waals surface area contributed by atoms with Crippen LogP contribution in [-0.4, -0.2) is 46.7 Å². The van der Waals surface area contributed by atoms with E-state index in [1.165, 1.54) is 19.5 Å². The lowest BCUT2D eigenvalue weighted by Gasteiger charge is -2.44. The van der Waals surface area contributed by atoms with Crippen LogP contribution in [0.25, 0.3) is 0 Å². The molecule has 1 atom stereocenters. The van der Waals surface area contributed by atoms with E-state index >= 15 is 0 Å². The number of nitrogens with zero attached hydrogens (tertiary/aromatic N) is 3. The molecule has 21 heavy (non-hydrogen) atoms. The molecule has 0 aromatic carbocycles. The number of rotatable bonds is 3. The molecule has 0 radical (unpaired) electrons. The van der Waals surface area contributed by atoms with Crippen molar-refractivity contribution in [3.63, 3.8) is 0 Å². The highest BCUT2D eigenvalue weighted by molar-refractivity contribution is 5.87. The van der Waals surface area contributed by atoms with Crippen LogP contribution >= 0.6 is 0 Å². The third kappa shape index (κ3) is 2.96. The van der Waals surface area contributed by atoms with Gasteiger partial charge in [0.25, 0.3) is 0 Å². The summed E-state index contributed by atoms with van der Waals surface area (Å²) in [4.78, 5) is 33.0. The molecule has 1 aromatic heterocycles. The minimum atomic E-state index is -0.898. The second-order valence-electron chi connectivity index (χ2n) is 5.78. The quantitative estimate of drug-likeness (QED) is 0.841. The summed E-state index contributed by atoms with van der Waals surface area (Å²) < 4.78 is 4.62. The van der Waals surface area contributed by atoms with E-state index in [1.807, 2.05) is 13.8 Å². The number of carbonyl (C=O) groups is 2. The highest BCUT2D eigenvalue weighted by Gasteiger charge is 2.43. The molecule has 1 N–H and O–H groups in total. The number of hydrogen-bond donors (Lipinski definition) is 1. The van der Waals surface area contributed by atoms with Crippen LogP contribution in [-0.2, 0) is 9.53 Å². The fourth-order valence-electron chi connectivity index (χ4n) is 2.80. The number of aliphatic carboxylic acids is 1. The highest BCUT2D eigenvalue weighted by Crippen LogP contribution is 2.37. The van der Waals surface area contributed by atoms with E-state index < -0.39 is 18.0 Å². The smallest absolute Gasteiger partial charge is 0.358 e. The number of methoxy groups -OCH3 is 1. The summed E-state index contributed by atoms with van der Waals surface area (Å²) in [6, 6.07) is -0.701. The summed E-state index contributed by atoms with van der Waals surface area (Å²) in [7, 11) is 1.26. The van der Waals surface area contributed by atoms with E-state index in [1.54, 1.807) is 4.90 Å². The van der Waals surface area contributed by atoms with Crippen LogP contribution in [0.1, 0.15) is 37.2 Å². The SMILES string of the molecule is COC(=O)c1cncc(N2CCCC(C)(C)C2C(=O)O)n1. The average molecular weight is 293 g/mol. The molecule has 2 heterocycles. The summed E-state index contributed by atoms with van der Waals surface area (Å²) >= 11 is 0. The largest absolute Gasteiger partial charge is 0.480 e. The van der Waals surface area contributed by atoms with Crippen molar-refractivity contribution < 1.29 is 19.4 Å². The number of hydrogen-bond acceptors (Lipinski definition) is 6. The van der Waals surface area contributed by atoms with Crippen LogP contribution in [0.15, 0.2) is 12.4 Å². The number of aromatic nitrogens is 2. The monoisotopic (exact) mass is 293 g/mol. The summed E-state index contributed by atoms with van der Waals surface area (Å²) in [6.07, 6.45) is 4.47. The number of anilines is 1. The van der Waals surface area contributed by atoms with Gasteiger partial charge in [0.1, 0.15) is 11.9 Å². The molecule has 1 unspecified atom stereocenters. The maximum Gasteiger partial charge on any atom is 0.358 e. The minimum Gasteiger partial charge on any atom is -0.480 e. The van der Waals surface area contributed by atoms with Crippen molar-refractivity contribution in [2.45, 2.75) is 32.7 Å². The van der Waals surface area contributed by atoms with Gasteiger partial charge in [0.15, 0.2) is 5.69 Å². The fraction of sp³-hybridized carbons (Fsp3) is 0.571. The first-order chi connectivity index (χ1) is 9.86. The highest BCUT2D eigenvalue weighted by atomic mass is 16.5. The summed E-state index contributed by atoms with van der Waals surface area (Å²) in [6.45, 7) is 4.42. The lowest BCUT2D eigenvalue weighted by atomic mass is 9.76. The van der Waals surface area contributed by atoms with Crippen LogP contribution in [0, 0.1) is 5.41 Å². The Labute approximate surface area is 123 Å². The van der Waals surface area contributed by atoms with Crippen molar-refractivity contribution in [1.82, 2.24) is 9.97 Å². The molecule has 114 valence electrons. The Balaban J connectivity index is 2.39. The van der Waals surface area contributed by atoms with Gasteiger partial charge in [-0.15, -0.1) is 0 Å². The molecule has 1 fully saturated rings. The normalized spacial score (nSPS) is 20.9. The lowest BCUT2D eigenvalue weighted by molar-refractivity contribution is -0.142. The maximum atomic E-state index is 11.6. The van der Waals surface area contributed by atoms with Crippen molar-refractivity contribution >= 4 is 17.8 Å². The Bertz CT molecular complexity index is 559. The lowest BCUT2D eigenvalue weighted by Crippen LogP contribution is -2.54. The Morgan fingerprint density at radius 3 is 2.76 bits per heavy atom. The Morgan fingerprint density at radius 1 is 1.43 bits per heavy atom. The standard InChI is InChI=1S/C14H19N3O4/c1-14(2)5-4-6-17(11(14)12(18)19)10-8-15-7-9(16-10)13(20)21-3/h7-8,11H,4-6H2,1-3H3,(H,18,19). The van der Waals surface area contributed by atoms with Crippen LogP contribution in [0.4, 0.5) is 5.82 Å². The van der Waals surface area contributed by atoms with Crippen LogP contribution in [0.3, 0.4) is 0 Å². The molecule has 1 aromatic rings. The van der Waals surface area contributed by atoms with Gasteiger partial charge < -0.3 is 14.7 Å². The van der Waals surface area contributed by atoms with Gasteiger partial charge in [-0.25, -0.2) is 14.6 Å². The first-order valence-corrected chi connectivity index (χ1v) is 6.76. The first kappa shape index (κ1) is 15.2. The molecular formula is C14H19N3O4. The van der Waals surface area contributed by atoms with E-state index in [4.69, 9.17) is 0 Å². The number of carboxylic acids is 1. The molecule has 0 bridgehead atoms. The number of ether oxygens (including phenoxy) is 1. The van der Waals surface area contributed by atoms with Gasteiger partial charge in [0.2, 0.25) is 0 Å². The van der Waals surface area contributed by atoms with Gasteiger partial charge in [-0.05, 0) is 18.3 Å². The molecule has 7 nitrogen and oxygen atoms in total. The summed E-state index contributed by atoms with van der Waals surface area (Å²) in [5.74, 6) is -1.10. The summed E-state index contributed by atoms with van der Waals surface area (Å²) in [5, 5.41) is 9.55. The molecular weight excluding hydrogens is 274 g/mol. The van der Waals surface area contributed by atoms with E-state index in [-0.39, 0.29) is 11.1 Å². The van der Waals surface area contributed by atoms with Gasteiger partial charge in [0.05, 0.1) is 19.5 Å². The topological polar surface area (TPSA) is 92.6 Å². The number of carboxylic acid groups (broad SMARTS) is 1. The number of esters is 1. The molecule has 0 spiro atoms. The van der Waals surface area contributed by atoms with Gasteiger partial charge in [-0.2, -0.15) is 0 Å². The Kier molecular flexibility index (Phi) is 4.11. The molecule has 1 aliphatic rings. The van der Waals surface area contributed by atoms with Crippen molar-refractivity contribution in [2.75, 3.05) is 18.6 Å². The second kappa shape index (κ2) is 5.67. The van der Waals surface area contributed by atoms with Crippen molar-refractivity contribution in [3.8, 4) is 0 Å². The second-order valence-corrected chi connectivity index (χ2v) is 5.78. The van der Waals surface area contributed by atoms with E-state index in [0.717, 1.165) is 12.8 Å². The molecule has 0 saturated carbocycles. The number of piperidine rings is 1. The van der Waals surface area contributed by atoms with Crippen molar-refractivity contribution in [2.24, 2.45) is 5.41 Å². The van der Waals surface area contributed by atoms with E-state index in [0.29, 0.717) is 12.4 Å². The van der Waals surface area contributed by atoms with Gasteiger partial charge in [-0.3, -0.25) is 4.98 Å². The molecule has 1 aliphatic heterocycles.